The molecule has 0 heterocycles. The fraction of sp³-hybridized carbons (Fsp3) is 0.417. The van der Waals surface area contributed by atoms with Crippen molar-refractivity contribution < 1.29 is 14.3 Å². The van der Waals surface area contributed by atoms with E-state index in [1.165, 1.54) is 0 Å². The molecule has 102 valence electrons. The third-order valence-corrected chi connectivity index (χ3v) is 2.49. The second-order valence-electron chi connectivity index (χ2n) is 3.69. The van der Waals surface area contributed by atoms with Crippen LogP contribution in [0.3, 0.4) is 0 Å². The standard InChI is InChI=1S/C12H18N2O3.ClH/c1-8(12(13)15)14-7-9-4-5-10(16-2)11(6-9)17-3;/h4-6,8,14H,7H2,1-3H3,(H2,13,15);1H. The molecule has 0 spiro atoms. The second-order valence-corrected chi connectivity index (χ2v) is 3.69. The Morgan fingerprint density at radius 2 is 1.94 bits per heavy atom. The molecule has 5 nitrogen and oxygen atoms in total. The first kappa shape index (κ1) is 16.5. The number of benzene rings is 1. The summed E-state index contributed by atoms with van der Waals surface area (Å²) >= 11 is 0. The number of hydrogen-bond acceptors (Lipinski definition) is 4. The Morgan fingerprint density at radius 1 is 1.33 bits per heavy atom. The lowest BCUT2D eigenvalue weighted by Gasteiger charge is -2.12. The van der Waals surface area contributed by atoms with Crippen molar-refractivity contribution in [3.05, 3.63) is 23.8 Å². The fourth-order valence-corrected chi connectivity index (χ4v) is 1.36. The van der Waals surface area contributed by atoms with E-state index in [9.17, 15) is 4.79 Å². The molecular weight excluding hydrogens is 256 g/mol. The summed E-state index contributed by atoms with van der Waals surface area (Å²) in [6.45, 7) is 2.27. The number of rotatable bonds is 6. The maximum Gasteiger partial charge on any atom is 0.234 e. The molecule has 0 bridgehead atoms. The second kappa shape index (κ2) is 7.79. The number of halogens is 1. The zero-order chi connectivity index (χ0) is 12.8. The predicted octanol–water partition coefficient (Wildman–Crippen LogP) is 1.09. The number of carbonyl (C=O) groups excluding carboxylic acids is 1. The lowest BCUT2D eigenvalue weighted by Crippen LogP contribution is -2.38. The third kappa shape index (κ3) is 4.43. The first-order valence-corrected chi connectivity index (χ1v) is 5.32. The predicted molar refractivity (Wildman–Crippen MR) is 72.3 cm³/mol. The van der Waals surface area contributed by atoms with E-state index in [4.69, 9.17) is 15.2 Å². The Kier molecular flexibility index (Phi) is 7.16. The minimum atomic E-state index is -0.370. The molecule has 0 aliphatic heterocycles. The number of ether oxygens (including phenoxy) is 2. The maximum absolute atomic E-state index is 10.9. The largest absolute Gasteiger partial charge is 0.493 e. The van der Waals surface area contributed by atoms with Gasteiger partial charge in [0.2, 0.25) is 5.91 Å². The van der Waals surface area contributed by atoms with Crippen LogP contribution in [0.2, 0.25) is 0 Å². The van der Waals surface area contributed by atoms with E-state index < -0.39 is 0 Å². The van der Waals surface area contributed by atoms with Crippen LogP contribution in [0, 0.1) is 0 Å². The van der Waals surface area contributed by atoms with Crippen molar-refractivity contribution in [1.29, 1.82) is 0 Å². The average molecular weight is 275 g/mol. The van der Waals surface area contributed by atoms with Crippen molar-refractivity contribution in [3.63, 3.8) is 0 Å². The van der Waals surface area contributed by atoms with Crippen molar-refractivity contribution in [1.82, 2.24) is 5.32 Å². The quantitative estimate of drug-likeness (QED) is 0.814. The van der Waals surface area contributed by atoms with E-state index in [1.807, 2.05) is 18.2 Å². The molecule has 0 aliphatic rings. The third-order valence-electron chi connectivity index (χ3n) is 2.49. The SMILES string of the molecule is COc1ccc(CNC(C)C(N)=O)cc1OC.Cl. The summed E-state index contributed by atoms with van der Waals surface area (Å²) in [5.41, 5.74) is 6.15. The van der Waals surface area contributed by atoms with Gasteiger partial charge in [0.05, 0.1) is 20.3 Å². The van der Waals surface area contributed by atoms with Crippen LogP contribution in [0.4, 0.5) is 0 Å². The normalized spacial score (nSPS) is 11.3. The molecular formula is C12H19ClN2O3. The van der Waals surface area contributed by atoms with Crippen LogP contribution in [0.25, 0.3) is 0 Å². The lowest BCUT2D eigenvalue weighted by atomic mass is 10.2. The monoisotopic (exact) mass is 274 g/mol. The van der Waals surface area contributed by atoms with Gasteiger partial charge >= 0.3 is 0 Å². The fourth-order valence-electron chi connectivity index (χ4n) is 1.36. The first-order valence-electron chi connectivity index (χ1n) is 5.32. The van der Waals surface area contributed by atoms with Crippen molar-refractivity contribution in [3.8, 4) is 11.5 Å². The number of carbonyl (C=O) groups is 1. The van der Waals surface area contributed by atoms with E-state index in [2.05, 4.69) is 5.32 Å². The Hall–Kier alpha value is -1.46. The van der Waals surface area contributed by atoms with E-state index in [0.29, 0.717) is 18.0 Å². The van der Waals surface area contributed by atoms with Crippen LogP contribution in [-0.4, -0.2) is 26.2 Å². The van der Waals surface area contributed by atoms with Crippen molar-refractivity contribution in [2.24, 2.45) is 5.73 Å². The molecule has 3 N–H and O–H groups in total. The average Bonchev–Trinajstić information content (AvgIpc) is 2.35. The van der Waals surface area contributed by atoms with Gasteiger partial charge in [-0.3, -0.25) is 4.79 Å². The zero-order valence-corrected chi connectivity index (χ0v) is 11.5. The summed E-state index contributed by atoms with van der Waals surface area (Å²) in [6, 6.07) is 5.23. The number of amides is 1. The van der Waals surface area contributed by atoms with Crippen LogP contribution in [0.1, 0.15) is 12.5 Å². The van der Waals surface area contributed by atoms with Gasteiger partial charge in [-0.05, 0) is 24.6 Å². The molecule has 1 amide bonds. The van der Waals surface area contributed by atoms with Gasteiger partial charge in [0.25, 0.3) is 0 Å². The highest BCUT2D eigenvalue weighted by molar-refractivity contribution is 5.85. The highest BCUT2D eigenvalue weighted by Gasteiger charge is 2.09. The summed E-state index contributed by atoms with van der Waals surface area (Å²) in [7, 11) is 3.17. The zero-order valence-electron chi connectivity index (χ0n) is 10.7. The molecule has 1 atom stereocenters. The topological polar surface area (TPSA) is 73.6 Å². The Bertz CT molecular complexity index is 399. The summed E-state index contributed by atoms with van der Waals surface area (Å²) in [4.78, 5) is 10.9. The molecule has 0 aromatic heterocycles. The Labute approximate surface area is 113 Å². The minimum absolute atomic E-state index is 0. The molecule has 0 radical (unpaired) electrons. The molecule has 0 fully saturated rings. The lowest BCUT2D eigenvalue weighted by molar-refractivity contribution is -0.119. The van der Waals surface area contributed by atoms with Gasteiger partial charge in [-0.25, -0.2) is 0 Å². The molecule has 0 aliphatic carbocycles. The molecule has 1 unspecified atom stereocenters. The van der Waals surface area contributed by atoms with E-state index in [1.54, 1.807) is 21.1 Å². The van der Waals surface area contributed by atoms with Crippen molar-refractivity contribution in [2.75, 3.05) is 14.2 Å². The molecule has 1 rings (SSSR count). The Balaban J connectivity index is 0.00000289. The molecule has 1 aromatic rings. The van der Waals surface area contributed by atoms with Crippen LogP contribution < -0.4 is 20.5 Å². The number of nitrogens with one attached hydrogen (secondary N) is 1. The molecule has 0 saturated heterocycles. The summed E-state index contributed by atoms with van der Waals surface area (Å²) in [5.74, 6) is 0.975. The van der Waals surface area contributed by atoms with Gasteiger partial charge in [0, 0.05) is 6.54 Å². The number of nitrogens with two attached hydrogens (primary N) is 1. The van der Waals surface area contributed by atoms with Gasteiger partial charge < -0.3 is 20.5 Å². The molecule has 0 saturated carbocycles. The summed E-state index contributed by atoms with van der Waals surface area (Å²) in [5, 5.41) is 3.02. The molecule has 1 aromatic carbocycles. The summed E-state index contributed by atoms with van der Waals surface area (Å²) in [6.07, 6.45) is 0. The van der Waals surface area contributed by atoms with Gasteiger partial charge in [0.15, 0.2) is 11.5 Å². The van der Waals surface area contributed by atoms with Crippen LogP contribution in [0.15, 0.2) is 18.2 Å². The minimum Gasteiger partial charge on any atom is -0.493 e. The summed E-state index contributed by atoms with van der Waals surface area (Å²) < 4.78 is 10.3. The number of primary amides is 1. The van der Waals surface area contributed by atoms with Gasteiger partial charge in [-0.2, -0.15) is 0 Å². The van der Waals surface area contributed by atoms with E-state index >= 15 is 0 Å². The highest BCUT2D eigenvalue weighted by Crippen LogP contribution is 2.27. The van der Waals surface area contributed by atoms with E-state index in [0.717, 1.165) is 5.56 Å². The van der Waals surface area contributed by atoms with Crippen LogP contribution in [0.5, 0.6) is 11.5 Å². The van der Waals surface area contributed by atoms with Crippen molar-refractivity contribution >= 4 is 18.3 Å². The van der Waals surface area contributed by atoms with Gasteiger partial charge in [0.1, 0.15) is 0 Å². The first-order chi connectivity index (χ1) is 8.08. The highest BCUT2D eigenvalue weighted by atomic mass is 35.5. The van der Waals surface area contributed by atoms with Crippen LogP contribution >= 0.6 is 12.4 Å². The van der Waals surface area contributed by atoms with Gasteiger partial charge in [-0.1, -0.05) is 6.07 Å². The number of methoxy groups -OCH3 is 2. The smallest absolute Gasteiger partial charge is 0.234 e. The van der Waals surface area contributed by atoms with Crippen LogP contribution in [-0.2, 0) is 11.3 Å². The van der Waals surface area contributed by atoms with Crippen molar-refractivity contribution in [2.45, 2.75) is 19.5 Å². The van der Waals surface area contributed by atoms with E-state index in [-0.39, 0.29) is 24.4 Å². The Morgan fingerprint density at radius 3 is 2.44 bits per heavy atom. The molecule has 18 heavy (non-hydrogen) atoms. The van der Waals surface area contributed by atoms with Gasteiger partial charge in [-0.15, -0.1) is 12.4 Å². The maximum atomic E-state index is 10.9. The number of hydrogen-bond donors (Lipinski definition) is 2. The molecule has 6 heteroatoms.